The minimum Gasteiger partial charge on any atom is -0.311 e. The fraction of sp³-hybridized carbons (Fsp3) is 0.522. The van der Waals surface area contributed by atoms with Crippen LogP contribution in [0.2, 0.25) is 24.7 Å². The van der Waals surface area contributed by atoms with E-state index in [1.165, 1.54) is 6.07 Å². The molecule has 2 aliphatic heterocycles. The molecule has 1 saturated carbocycles. The monoisotopic (exact) mass is 460 g/mol. The number of carbonyl (C=O) groups excluding carboxylic acids is 2. The SMILES string of the molecule is CC1(C)C2=C(CN1C(=O)Nc1ccc(F)cc1F)C(NC(=O)C1([Si](C)(C)C)CCC1)=NC2. The second-order valence-electron chi connectivity index (χ2n) is 10.5. The predicted octanol–water partition coefficient (Wildman–Crippen LogP) is 4.68. The fourth-order valence-corrected chi connectivity index (χ4v) is 7.63. The summed E-state index contributed by atoms with van der Waals surface area (Å²) in [7, 11) is -1.72. The van der Waals surface area contributed by atoms with E-state index in [4.69, 9.17) is 0 Å². The first-order valence-corrected chi connectivity index (χ1v) is 14.5. The maximum atomic E-state index is 14.0. The first-order valence-electron chi connectivity index (χ1n) is 11.0. The maximum absolute atomic E-state index is 14.0. The van der Waals surface area contributed by atoms with Crippen molar-refractivity contribution in [1.82, 2.24) is 10.2 Å². The fourth-order valence-electron chi connectivity index (χ4n) is 5.03. The first kappa shape index (κ1) is 22.6. The van der Waals surface area contributed by atoms with Crippen LogP contribution in [-0.4, -0.2) is 49.4 Å². The lowest BCUT2D eigenvalue weighted by atomic mass is 9.83. The molecule has 2 N–H and O–H groups in total. The van der Waals surface area contributed by atoms with Gasteiger partial charge < -0.3 is 15.5 Å². The largest absolute Gasteiger partial charge is 0.322 e. The normalized spacial score (nSPS) is 21.1. The Kier molecular flexibility index (Phi) is 5.31. The van der Waals surface area contributed by atoms with Crippen LogP contribution >= 0.6 is 0 Å². The molecule has 0 unspecified atom stereocenters. The molecular formula is C23H30F2N4O2Si. The van der Waals surface area contributed by atoms with Gasteiger partial charge in [-0.25, -0.2) is 13.6 Å². The molecule has 0 bridgehead atoms. The van der Waals surface area contributed by atoms with Crippen molar-refractivity contribution in [2.45, 2.75) is 63.3 Å². The molecule has 3 amide bonds. The van der Waals surface area contributed by atoms with E-state index in [2.05, 4.69) is 35.3 Å². The summed E-state index contributed by atoms with van der Waals surface area (Å²) in [6.45, 7) is 11.2. The molecule has 32 heavy (non-hydrogen) atoms. The maximum Gasteiger partial charge on any atom is 0.322 e. The van der Waals surface area contributed by atoms with E-state index in [0.717, 1.165) is 42.5 Å². The number of aliphatic imine (C=N–C) groups is 1. The minimum absolute atomic E-state index is 0.0458. The smallest absolute Gasteiger partial charge is 0.311 e. The molecule has 1 aromatic rings. The molecule has 3 aliphatic rings. The average molecular weight is 461 g/mol. The molecule has 0 atom stereocenters. The Bertz CT molecular complexity index is 1050. The Balaban J connectivity index is 1.50. The topological polar surface area (TPSA) is 73.8 Å². The van der Waals surface area contributed by atoms with Crippen molar-refractivity contribution in [3.8, 4) is 0 Å². The Morgan fingerprint density at radius 1 is 1.12 bits per heavy atom. The van der Waals surface area contributed by atoms with Crippen LogP contribution in [0.4, 0.5) is 19.3 Å². The van der Waals surface area contributed by atoms with Gasteiger partial charge in [0.15, 0.2) is 0 Å². The summed E-state index contributed by atoms with van der Waals surface area (Å²) in [5.41, 5.74) is 1.09. The van der Waals surface area contributed by atoms with E-state index < -0.39 is 31.3 Å². The average Bonchev–Trinajstić information content (AvgIpc) is 3.13. The third kappa shape index (κ3) is 3.46. The van der Waals surface area contributed by atoms with E-state index >= 15 is 0 Å². The molecule has 0 radical (unpaired) electrons. The van der Waals surface area contributed by atoms with E-state index in [1.807, 2.05) is 13.8 Å². The number of amides is 3. The molecule has 0 saturated heterocycles. The molecule has 9 heteroatoms. The number of carbonyl (C=O) groups is 2. The number of rotatable bonds is 3. The van der Waals surface area contributed by atoms with Crippen LogP contribution in [0, 0.1) is 11.6 Å². The molecule has 1 fully saturated rings. The van der Waals surface area contributed by atoms with Crippen molar-refractivity contribution in [3.05, 3.63) is 41.0 Å². The summed E-state index contributed by atoms with van der Waals surface area (Å²) in [5, 5.41) is 5.36. The highest BCUT2D eigenvalue weighted by atomic mass is 28.3. The van der Waals surface area contributed by atoms with Gasteiger partial charge in [0.25, 0.3) is 0 Å². The van der Waals surface area contributed by atoms with Gasteiger partial charge in [0, 0.05) is 16.7 Å². The van der Waals surface area contributed by atoms with Crippen molar-refractivity contribution < 1.29 is 18.4 Å². The van der Waals surface area contributed by atoms with Crippen molar-refractivity contribution >= 4 is 31.5 Å². The molecule has 1 aromatic carbocycles. The molecule has 6 nitrogen and oxygen atoms in total. The van der Waals surface area contributed by atoms with Crippen LogP contribution in [0.15, 0.2) is 34.3 Å². The van der Waals surface area contributed by atoms with Crippen LogP contribution in [0.25, 0.3) is 0 Å². The summed E-state index contributed by atoms with van der Waals surface area (Å²) in [5.74, 6) is -0.945. The van der Waals surface area contributed by atoms with E-state index in [1.54, 1.807) is 4.90 Å². The van der Waals surface area contributed by atoms with Crippen LogP contribution in [0.1, 0.15) is 33.1 Å². The van der Waals surface area contributed by atoms with Crippen molar-refractivity contribution in [1.29, 1.82) is 0 Å². The van der Waals surface area contributed by atoms with Gasteiger partial charge in [0.2, 0.25) is 5.91 Å². The Morgan fingerprint density at radius 2 is 1.81 bits per heavy atom. The summed E-state index contributed by atoms with van der Waals surface area (Å²) in [4.78, 5) is 32.4. The van der Waals surface area contributed by atoms with E-state index in [9.17, 15) is 18.4 Å². The number of benzene rings is 1. The third-order valence-corrected chi connectivity index (χ3v) is 11.1. The highest BCUT2D eigenvalue weighted by molar-refractivity contribution is 6.82. The number of nitrogens with zero attached hydrogens (tertiary/aromatic N) is 2. The second-order valence-corrected chi connectivity index (χ2v) is 15.9. The van der Waals surface area contributed by atoms with Crippen molar-refractivity contribution in [2.24, 2.45) is 4.99 Å². The summed E-state index contributed by atoms with van der Waals surface area (Å²) in [6.07, 6.45) is 2.90. The second kappa shape index (κ2) is 7.50. The highest BCUT2D eigenvalue weighted by Crippen LogP contribution is 2.55. The number of hydrogen-bond donors (Lipinski definition) is 2. The van der Waals surface area contributed by atoms with Gasteiger partial charge >= 0.3 is 6.03 Å². The van der Waals surface area contributed by atoms with Gasteiger partial charge in [-0.2, -0.15) is 0 Å². The molecular weight excluding hydrogens is 430 g/mol. The van der Waals surface area contributed by atoms with Gasteiger partial charge in [-0.1, -0.05) is 26.1 Å². The van der Waals surface area contributed by atoms with Crippen LogP contribution < -0.4 is 10.6 Å². The molecule has 0 spiro atoms. The third-order valence-electron chi connectivity index (χ3n) is 7.50. The van der Waals surface area contributed by atoms with Crippen molar-refractivity contribution in [2.75, 3.05) is 18.4 Å². The van der Waals surface area contributed by atoms with Gasteiger partial charge in [0.1, 0.15) is 17.5 Å². The molecule has 0 aromatic heterocycles. The zero-order valence-corrected chi connectivity index (χ0v) is 20.2. The van der Waals surface area contributed by atoms with Crippen LogP contribution in [0.5, 0.6) is 0 Å². The Labute approximate surface area is 188 Å². The molecule has 1 aliphatic carbocycles. The zero-order valence-electron chi connectivity index (χ0n) is 19.2. The molecule has 2 heterocycles. The summed E-state index contributed by atoms with van der Waals surface area (Å²) >= 11 is 0. The van der Waals surface area contributed by atoms with E-state index in [0.29, 0.717) is 12.4 Å². The number of anilines is 1. The van der Waals surface area contributed by atoms with E-state index in [-0.39, 0.29) is 23.2 Å². The summed E-state index contributed by atoms with van der Waals surface area (Å²) < 4.78 is 27.2. The predicted molar refractivity (Wildman–Crippen MR) is 124 cm³/mol. The first-order chi connectivity index (χ1) is 14.9. The van der Waals surface area contributed by atoms with Gasteiger partial charge in [0.05, 0.1) is 32.4 Å². The molecule has 4 rings (SSSR count). The van der Waals surface area contributed by atoms with Crippen LogP contribution in [0.3, 0.4) is 0 Å². The summed E-state index contributed by atoms with van der Waals surface area (Å²) in [6, 6.07) is 2.55. The number of nitrogens with one attached hydrogen (secondary N) is 2. The van der Waals surface area contributed by atoms with Gasteiger partial charge in [-0.15, -0.1) is 0 Å². The lowest BCUT2D eigenvalue weighted by Crippen LogP contribution is -2.55. The molecule has 172 valence electrons. The number of hydrogen-bond acceptors (Lipinski definition) is 3. The quantitative estimate of drug-likeness (QED) is 0.643. The number of amidine groups is 1. The van der Waals surface area contributed by atoms with Crippen molar-refractivity contribution in [3.63, 3.8) is 0 Å². The zero-order chi connectivity index (χ0) is 23.5. The Morgan fingerprint density at radius 3 is 2.38 bits per heavy atom. The van der Waals surface area contributed by atoms with Crippen LogP contribution in [-0.2, 0) is 4.79 Å². The lowest BCUT2D eigenvalue weighted by Gasteiger charge is -2.49. The van der Waals surface area contributed by atoms with Gasteiger partial charge in [-0.05, 0) is 44.4 Å². The highest BCUT2D eigenvalue weighted by Gasteiger charge is 2.54. The number of halogens is 2. The standard InChI is InChI=1S/C23H30F2N4O2Si/c1-22(2)16-12-26-19(28-20(30)23(9-6-10-23)32(3,4)5)15(16)13-29(22)21(31)27-18-8-7-14(24)11-17(18)25/h7-8,11H,6,9-10,12-13H2,1-5H3,(H,27,31)(H,26,28,30). The minimum atomic E-state index is -1.72. The van der Waals surface area contributed by atoms with Gasteiger partial charge in [-0.3, -0.25) is 9.79 Å². The lowest BCUT2D eigenvalue weighted by molar-refractivity contribution is -0.125. The number of urea groups is 1. The Hall–Kier alpha value is -2.55.